The average molecular weight is 253 g/mol. The van der Waals surface area contributed by atoms with Crippen LogP contribution in [0.3, 0.4) is 0 Å². The van der Waals surface area contributed by atoms with Gasteiger partial charge in [0.05, 0.1) is 10.6 Å². The normalized spacial score (nSPS) is 20.6. The number of hydrogen-bond donors (Lipinski definition) is 1. The zero-order valence-corrected chi connectivity index (χ0v) is 11.0. The smallest absolute Gasteiger partial charge is 0.179 e. The van der Waals surface area contributed by atoms with Crippen LogP contribution in [-0.4, -0.2) is 26.8 Å². The molecule has 3 nitrogen and oxygen atoms in total. The van der Waals surface area contributed by atoms with Gasteiger partial charge in [0.1, 0.15) is 0 Å². The lowest BCUT2D eigenvalue weighted by Crippen LogP contribution is -2.29. The lowest BCUT2D eigenvalue weighted by atomic mass is 10.2. The van der Waals surface area contributed by atoms with Crippen molar-refractivity contribution in [2.24, 2.45) is 0 Å². The summed E-state index contributed by atoms with van der Waals surface area (Å²) in [5.74, 6) is 0.221. The van der Waals surface area contributed by atoms with Crippen molar-refractivity contribution in [3.8, 4) is 0 Å². The molecule has 0 bridgehead atoms. The van der Waals surface area contributed by atoms with Crippen LogP contribution >= 0.6 is 0 Å². The van der Waals surface area contributed by atoms with Crippen molar-refractivity contribution >= 4 is 9.84 Å². The molecule has 0 saturated carbocycles. The zero-order valence-electron chi connectivity index (χ0n) is 10.1. The molecule has 1 saturated heterocycles. The molecule has 17 heavy (non-hydrogen) atoms. The molecule has 94 valence electrons. The topological polar surface area (TPSA) is 46.2 Å². The number of benzene rings is 1. The number of rotatable bonds is 4. The van der Waals surface area contributed by atoms with Gasteiger partial charge in [0.15, 0.2) is 9.84 Å². The van der Waals surface area contributed by atoms with Gasteiger partial charge in [0.2, 0.25) is 0 Å². The van der Waals surface area contributed by atoms with Gasteiger partial charge < -0.3 is 5.32 Å². The largest absolute Gasteiger partial charge is 0.313 e. The Morgan fingerprint density at radius 3 is 2.53 bits per heavy atom. The molecule has 0 spiro atoms. The van der Waals surface area contributed by atoms with Crippen LogP contribution in [0, 0.1) is 0 Å². The van der Waals surface area contributed by atoms with Crippen molar-refractivity contribution in [3.05, 3.63) is 29.8 Å². The summed E-state index contributed by atoms with van der Waals surface area (Å²) < 4.78 is 24.3. The minimum Gasteiger partial charge on any atom is -0.313 e. The molecule has 1 aliphatic rings. The van der Waals surface area contributed by atoms with Gasteiger partial charge in [-0.05, 0) is 43.5 Å². The number of aryl methyl sites for hydroxylation is 1. The predicted molar refractivity (Wildman–Crippen MR) is 68.9 cm³/mol. The lowest BCUT2D eigenvalue weighted by Gasteiger charge is -2.11. The molecule has 1 aromatic carbocycles. The van der Waals surface area contributed by atoms with Crippen LogP contribution < -0.4 is 5.32 Å². The first-order valence-electron chi connectivity index (χ1n) is 6.17. The third-order valence-electron chi connectivity index (χ3n) is 3.27. The van der Waals surface area contributed by atoms with E-state index in [2.05, 4.69) is 12.2 Å². The van der Waals surface area contributed by atoms with Crippen LogP contribution in [0.5, 0.6) is 0 Å². The zero-order chi connectivity index (χ0) is 12.3. The van der Waals surface area contributed by atoms with Crippen LogP contribution in [0.2, 0.25) is 0 Å². The van der Waals surface area contributed by atoms with E-state index in [9.17, 15) is 8.42 Å². The number of hydrogen-bond acceptors (Lipinski definition) is 3. The summed E-state index contributed by atoms with van der Waals surface area (Å²) in [4.78, 5) is 0.448. The second-order valence-corrected chi connectivity index (χ2v) is 6.61. The molecular weight excluding hydrogens is 234 g/mol. The molecule has 0 radical (unpaired) electrons. The lowest BCUT2D eigenvalue weighted by molar-refractivity contribution is 0.577. The standard InChI is InChI=1S/C13H19NO2S/c1-2-11-5-7-13(8-6-11)17(15,16)10-12-4-3-9-14-12/h5-8,12,14H,2-4,9-10H2,1H3. The van der Waals surface area contributed by atoms with E-state index < -0.39 is 9.84 Å². The van der Waals surface area contributed by atoms with Gasteiger partial charge in [-0.25, -0.2) is 8.42 Å². The maximum atomic E-state index is 12.1. The highest BCUT2D eigenvalue weighted by molar-refractivity contribution is 7.91. The van der Waals surface area contributed by atoms with E-state index in [0.29, 0.717) is 4.90 Å². The first-order chi connectivity index (χ1) is 8.12. The monoisotopic (exact) mass is 253 g/mol. The Morgan fingerprint density at radius 1 is 1.29 bits per heavy atom. The Kier molecular flexibility index (Phi) is 3.84. The highest BCUT2D eigenvalue weighted by Crippen LogP contribution is 2.16. The minimum absolute atomic E-state index is 0.130. The summed E-state index contributed by atoms with van der Waals surface area (Å²) in [6, 6.07) is 7.38. The molecule has 1 aromatic rings. The average Bonchev–Trinajstić information content (AvgIpc) is 2.81. The van der Waals surface area contributed by atoms with E-state index in [1.165, 1.54) is 5.56 Å². The summed E-state index contributed by atoms with van der Waals surface area (Å²) in [6.07, 6.45) is 2.98. The molecule has 0 aliphatic carbocycles. The van der Waals surface area contributed by atoms with Crippen LogP contribution in [0.4, 0.5) is 0 Å². The molecule has 2 rings (SSSR count). The van der Waals surface area contributed by atoms with Crippen molar-refractivity contribution in [1.82, 2.24) is 5.32 Å². The third kappa shape index (κ3) is 3.07. The Labute approximate surface area is 103 Å². The number of nitrogens with one attached hydrogen (secondary N) is 1. The highest BCUT2D eigenvalue weighted by atomic mass is 32.2. The maximum Gasteiger partial charge on any atom is 0.179 e. The Morgan fingerprint density at radius 2 is 2.00 bits per heavy atom. The third-order valence-corrected chi connectivity index (χ3v) is 5.11. The van der Waals surface area contributed by atoms with Crippen molar-refractivity contribution in [3.63, 3.8) is 0 Å². The van der Waals surface area contributed by atoms with Crippen molar-refractivity contribution in [1.29, 1.82) is 0 Å². The molecule has 1 fully saturated rings. The number of sulfone groups is 1. The fraction of sp³-hybridized carbons (Fsp3) is 0.538. The minimum atomic E-state index is -3.13. The molecule has 1 N–H and O–H groups in total. The Hall–Kier alpha value is -0.870. The van der Waals surface area contributed by atoms with E-state index in [1.807, 2.05) is 12.1 Å². The summed E-state index contributed by atoms with van der Waals surface area (Å²) >= 11 is 0. The highest BCUT2D eigenvalue weighted by Gasteiger charge is 2.23. The van der Waals surface area contributed by atoms with Crippen LogP contribution in [0.1, 0.15) is 25.3 Å². The van der Waals surface area contributed by atoms with Gasteiger partial charge in [-0.2, -0.15) is 0 Å². The first kappa shape index (κ1) is 12.6. The second kappa shape index (κ2) is 5.19. The maximum absolute atomic E-state index is 12.1. The molecule has 0 amide bonds. The van der Waals surface area contributed by atoms with Crippen molar-refractivity contribution in [2.45, 2.75) is 37.1 Å². The van der Waals surface area contributed by atoms with Crippen molar-refractivity contribution in [2.75, 3.05) is 12.3 Å². The van der Waals surface area contributed by atoms with Crippen LogP contribution in [0.15, 0.2) is 29.2 Å². The van der Waals surface area contributed by atoms with Gasteiger partial charge in [0.25, 0.3) is 0 Å². The quantitative estimate of drug-likeness (QED) is 0.889. The fourth-order valence-corrected chi connectivity index (χ4v) is 3.75. The van der Waals surface area contributed by atoms with Crippen LogP contribution in [-0.2, 0) is 16.3 Å². The fourth-order valence-electron chi connectivity index (χ4n) is 2.19. The van der Waals surface area contributed by atoms with Gasteiger partial charge >= 0.3 is 0 Å². The van der Waals surface area contributed by atoms with Crippen LogP contribution in [0.25, 0.3) is 0 Å². The molecular formula is C13H19NO2S. The molecule has 1 aliphatic heterocycles. The van der Waals surface area contributed by atoms with E-state index >= 15 is 0 Å². The second-order valence-electron chi connectivity index (χ2n) is 4.57. The Bertz CT molecular complexity index is 459. The van der Waals surface area contributed by atoms with E-state index in [4.69, 9.17) is 0 Å². The van der Waals surface area contributed by atoms with Gasteiger partial charge in [-0.15, -0.1) is 0 Å². The SMILES string of the molecule is CCc1ccc(S(=O)(=O)CC2CCCN2)cc1. The van der Waals surface area contributed by atoms with Gasteiger partial charge in [-0.1, -0.05) is 19.1 Å². The summed E-state index contributed by atoms with van der Waals surface area (Å²) in [5, 5.41) is 3.23. The van der Waals surface area contributed by atoms with Crippen molar-refractivity contribution < 1.29 is 8.42 Å². The predicted octanol–water partition coefficient (Wildman–Crippen LogP) is 1.77. The molecule has 4 heteroatoms. The summed E-state index contributed by atoms with van der Waals surface area (Å²) in [5.41, 5.74) is 1.17. The summed E-state index contributed by atoms with van der Waals surface area (Å²) in [7, 11) is -3.13. The van der Waals surface area contributed by atoms with E-state index in [-0.39, 0.29) is 11.8 Å². The van der Waals surface area contributed by atoms with Gasteiger partial charge in [-0.3, -0.25) is 0 Å². The molecule has 1 heterocycles. The Balaban J connectivity index is 2.12. The molecule has 1 atom stereocenters. The van der Waals surface area contributed by atoms with E-state index in [0.717, 1.165) is 25.8 Å². The molecule has 1 unspecified atom stereocenters. The van der Waals surface area contributed by atoms with E-state index in [1.54, 1.807) is 12.1 Å². The summed E-state index contributed by atoms with van der Waals surface area (Å²) in [6.45, 7) is 3.00. The molecule has 0 aromatic heterocycles. The first-order valence-corrected chi connectivity index (χ1v) is 7.82. The van der Waals surface area contributed by atoms with Gasteiger partial charge in [0, 0.05) is 6.04 Å².